The summed E-state index contributed by atoms with van der Waals surface area (Å²) in [5, 5.41) is 7.61. The third-order valence-corrected chi connectivity index (χ3v) is 4.62. The minimum atomic E-state index is 0.0343. The fraction of sp³-hybridized carbons (Fsp3) is 0.200. The number of benzene rings is 2. The second kappa shape index (κ2) is 5.96. The van der Waals surface area contributed by atoms with E-state index in [4.69, 9.17) is 0 Å². The van der Waals surface area contributed by atoms with Crippen LogP contribution in [-0.4, -0.2) is 15.7 Å². The number of amides is 1. The van der Waals surface area contributed by atoms with Gasteiger partial charge in [-0.1, -0.05) is 55.5 Å². The third-order valence-electron chi connectivity index (χ3n) is 4.62. The van der Waals surface area contributed by atoms with E-state index in [1.165, 1.54) is 5.56 Å². The van der Waals surface area contributed by atoms with Gasteiger partial charge in [0.05, 0.1) is 11.9 Å². The Labute approximate surface area is 141 Å². The fourth-order valence-electron chi connectivity index (χ4n) is 3.40. The fourth-order valence-corrected chi connectivity index (χ4v) is 3.40. The molecule has 0 spiro atoms. The highest BCUT2D eigenvalue weighted by Gasteiger charge is 2.30. The van der Waals surface area contributed by atoms with E-state index in [0.29, 0.717) is 6.42 Å². The molecule has 24 heavy (non-hydrogen) atoms. The van der Waals surface area contributed by atoms with Gasteiger partial charge in [0.1, 0.15) is 5.82 Å². The van der Waals surface area contributed by atoms with Crippen molar-refractivity contribution >= 4 is 11.7 Å². The van der Waals surface area contributed by atoms with Crippen LogP contribution in [0.3, 0.4) is 0 Å². The van der Waals surface area contributed by atoms with E-state index >= 15 is 0 Å². The standard InChI is InChI=1S/C20H19N3O/c1-2-14-8-6-7-11-18(14)23-20-17(13-21-23)16(12-19(24)22-20)15-9-4-3-5-10-15/h3-11,13,16H,2,12H2,1H3,(H,22,24)/t16-/m0/s1. The molecule has 120 valence electrons. The molecule has 0 saturated heterocycles. The average Bonchev–Trinajstić information content (AvgIpc) is 3.05. The number of fused-ring (bicyclic) bond motifs is 1. The molecule has 2 heterocycles. The van der Waals surface area contributed by atoms with Gasteiger partial charge in [-0.05, 0) is 23.6 Å². The molecule has 0 unspecified atom stereocenters. The maximum Gasteiger partial charge on any atom is 0.226 e. The molecule has 1 aromatic heterocycles. The normalized spacial score (nSPS) is 16.5. The van der Waals surface area contributed by atoms with Crippen LogP contribution in [0.4, 0.5) is 5.82 Å². The first-order chi connectivity index (χ1) is 11.8. The van der Waals surface area contributed by atoms with Crippen LogP contribution in [0.25, 0.3) is 5.69 Å². The van der Waals surface area contributed by atoms with Crippen molar-refractivity contribution in [2.24, 2.45) is 0 Å². The van der Waals surface area contributed by atoms with Gasteiger partial charge in [-0.3, -0.25) is 4.79 Å². The molecule has 0 saturated carbocycles. The van der Waals surface area contributed by atoms with E-state index in [9.17, 15) is 4.79 Å². The molecular weight excluding hydrogens is 298 g/mol. The van der Waals surface area contributed by atoms with E-state index < -0.39 is 0 Å². The molecule has 2 aromatic carbocycles. The lowest BCUT2D eigenvalue weighted by Gasteiger charge is -2.24. The minimum absolute atomic E-state index is 0.0343. The van der Waals surface area contributed by atoms with Crippen LogP contribution in [0, 0.1) is 0 Å². The SMILES string of the molecule is CCc1ccccc1-n1ncc2c1NC(=O)C[C@H]2c1ccccc1. The van der Waals surface area contributed by atoms with Crippen molar-refractivity contribution < 1.29 is 4.79 Å². The number of nitrogens with zero attached hydrogens (tertiary/aromatic N) is 2. The Bertz CT molecular complexity index is 883. The van der Waals surface area contributed by atoms with Crippen molar-refractivity contribution in [2.75, 3.05) is 5.32 Å². The summed E-state index contributed by atoms with van der Waals surface area (Å²) in [6.07, 6.45) is 3.26. The van der Waals surface area contributed by atoms with E-state index in [0.717, 1.165) is 29.1 Å². The van der Waals surface area contributed by atoms with Crippen molar-refractivity contribution in [3.63, 3.8) is 0 Å². The number of aryl methyl sites for hydroxylation is 1. The summed E-state index contributed by atoms with van der Waals surface area (Å²) in [5.41, 5.74) is 4.46. The Balaban J connectivity index is 1.85. The lowest BCUT2D eigenvalue weighted by atomic mass is 9.87. The quantitative estimate of drug-likeness (QED) is 0.796. The molecule has 4 heteroatoms. The molecule has 0 fully saturated rings. The lowest BCUT2D eigenvalue weighted by molar-refractivity contribution is -0.116. The van der Waals surface area contributed by atoms with Gasteiger partial charge >= 0.3 is 0 Å². The van der Waals surface area contributed by atoms with Gasteiger partial charge in [-0.25, -0.2) is 4.68 Å². The van der Waals surface area contributed by atoms with Gasteiger partial charge in [-0.15, -0.1) is 0 Å². The zero-order valence-electron chi connectivity index (χ0n) is 13.6. The van der Waals surface area contributed by atoms with Crippen molar-refractivity contribution in [3.8, 4) is 5.69 Å². The Morgan fingerprint density at radius 1 is 1.12 bits per heavy atom. The number of carbonyl (C=O) groups is 1. The maximum absolute atomic E-state index is 12.3. The Morgan fingerprint density at radius 2 is 1.88 bits per heavy atom. The average molecular weight is 317 g/mol. The highest BCUT2D eigenvalue weighted by atomic mass is 16.1. The zero-order chi connectivity index (χ0) is 16.5. The van der Waals surface area contributed by atoms with Crippen LogP contribution in [0.5, 0.6) is 0 Å². The van der Waals surface area contributed by atoms with Crippen LogP contribution in [0.2, 0.25) is 0 Å². The number of hydrogen-bond donors (Lipinski definition) is 1. The van der Waals surface area contributed by atoms with Crippen LogP contribution in [0.15, 0.2) is 60.8 Å². The van der Waals surface area contributed by atoms with Crippen LogP contribution in [0.1, 0.15) is 36.0 Å². The minimum Gasteiger partial charge on any atom is -0.310 e. The smallest absolute Gasteiger partial charge is 0.226 e. The second-order valence-electron chi connectivity index (χ2n) is 6.06. The summed E-state index contributed by atoms with van der Waals surface area (Å²) in [6.45, 7) is 2.13. The number of para-hydroxylation sites is 1. The summed E-state index contributed by atoms with van der Waals surface area (Å²) in [4.78, 5) is 12.3. The van der Waals surface area contributed by atoms with E-state index in [1.807, 2.05) is 47.3 Å². The van der Waals surface area contributed by atoms with Crippen molar-refractivity contribution in [1.29, 1.82) is 0 Å². The van der Waals surface area contributed by atoms with Gasteiger partial charge in [-0.2, -0.15) is 5.10 Å². The van der Waals surface area contributed by atoms with E-state index in [1.54, 1.807) is 0 Å². The van der Waals surface area contributed by atoms with E-state index in [-0.39, 0.29) is 11.8 Å². The number of anilines is 1. The Morgan fingerprint density at radius 3 is 2.67 bits per heavy atom. The lowest BCUT2D eigenvalue weighted by Crippen LogP contribution is -2.24. The molecule has 1 aliphatic rings. The molecule has 1 amide bonds. The summed E-state index contributed by atoms with van der Waals surface area (Å²) in [5.74, 6) is 0.880. The predicted molar refractivity (Wildman–Crippen MR) is 94.5 cm³/mol. The largest absolute Gasteiger partial charge is 0.310 e. The Kier molecular flexibility index (Phi) is 3.65. The molecule has 0 bridgehead atoms. The first-order valence-corrected chi connectivity index (χ1v) is 8.29. The summed E-state index contributed by atoms with van der Waals surface area (Å²) >= 11 is 0. The Hall–Kier alpha value is -2.88. The van der Waals surface area contributed by atoms with Gasteiger partial charge < -0.3 is 5.32 Å². The monoisotopic (exact) mass is 317 g/mol. The first-order valence-electron chi connectivity index (χ1n) is 8.29. The molecule has 1 aliphatic heterocycles. The second-order valence-corrected chi connectivity index (χ2v) is 6.06. The predicted octanol–water partition coefficient (Wildman–Crippen LogP) is 3.91. The van der Waals surface area contributed by atoms with Crippen LogP contribution < -0.4 is 5.32 Å². The topological polar surface area (TPSA) is 46.9 Å². The number of aromatic nitrogens is 2. The van der Waals surface area contributed by atoms with Gasteiger partial charge in [0.15, 0.2) is 0 Å². The first kappa shape index (κ1) is 14.7. The summed E-state index contributed by atoms with van der Waals surface area (Å²) in [6, 6.07) is 18.3. The molecule has 3 aromatic rings. The molecular formula is C20H19N3O. The number of nitrogens with one attached hydrogen (secondary N) is 1. The number of hydrogen-bond acceptors (Lipinski definition) is 2. The van der Waals surface area contributed by atoms with Crippen molar-refractivity contribution in [2.45, 2.75) is 25.7 Å². The van der Waals surface area contributed by atoms with Gasteiger partial charge in [0.2, 0.25) is 5.91 Å². The molecule has 1 N–H and O–H groups in total. The van der Waals surface area contributed by atoms with Crippen LogP contribution in [-0.2, 0) is 11.2 Å². The molecule has 0 radical (unpaired) electrons. The summed E-state index contributed by atoms with van der Waals surface area (Å²) < 4.78 is 1.86. The van der Waals surface area contributed by atoms with E-state index in [2.05, 4.69) is 35.5 Å². The van der Waals surface area contributed by atoms with Crippen LogP contribution >= 0.6 is 0 Å². The van der Waals surface area contributed by atoms with Gasteiger partial charge in [0, 0.05) is 17.9 Å². The highest BCUT2D eigenvalue weighted by Crippen LogP contribution is 2.38. The third kappa shape index (κ3) is 2.40. The molecule has 1 atom stereocenters. The molecule has 4 nitrogen and oxygen atoms in total. The highest BCUT2D eigenvalue weighted by molar-refractivity contribution is 5.94. The van der Waals surface area contributed by atoms with Crippen molar-refractivity contribution in [1.82, 2.24) is 9.78 Å². The zero-order valence-corrected chi connectivity index (χ0v) is 13.6. The summed E-state index contributed by atoms with van der Waals surface area (Å²) in [7, 11) is 0. The van der Waals surface area contributed by atoms with Crippen molar-refractivity contribution in [3.05, 3.63) is 77.5 Å². The number of carbonyl (C=O) groups excluding carboxylic acids is 1. The van der Waals surface area contributed by atoms with Gasteiger partial charge in [0.25, 0.3) is 0 Å². The molecule has 4 rings (SSSR count). The maximum atomic E-state index is 12.3. The number of rotatable bonds is 3. The molecule has 0 aliphatic carbocycles.